The maximum absolute atomic E-state index is 5.75. The van der Waals surface area contributed by atoms with Crippen molar-refractivity contribution in [2.75, 3.05) is 65.6 Å². The normalized spacial score (nSPS) is 18.9. The number of hydrogen-bond acceptors (Lipinski definition) is 6. The molecule has 1 atom stereocenters. The van der Waals surface area contributed by atoms with Crippen LogP contribution in [0.4, 0.5) is 0 Å². The van der Waals surface area contributed by atoms with E-state index in [4.69, 9.17) is 18.6 Å². The molecular formula is C23H36IN5O3. The van der Waals surface area contributed by atoms with Crippen LogP contribution in [0.2, 0.25) is 0 Å². The van der Waals surface area contributed by atoms with Gasteiger partial charge in [-0.25, -0.2) is 0 Å². The number of nitrogens with zero attached hydrogens (tertiary/aromatic N) is 3. The molecule has 2 fully saturated rings. The van der Waals surface area contributed by atoms with E-state index in [1.807, 2.05) is 18.2 Å². The second kappa shape index (κ2) is 13.9. The van der Waals surface area contributed by atoms with Crippen LogP contribution >= 0.6 is 24.0 Å². The van der Waals surface area contributed by atoms with Gasteiger partial charge in [-0.3, -0.25) is 14.8 Å². The van der Waals surface area contributed by atoms with Crippen molar-refractivity contribution in [2.24, 2.45) is 4.99 Å². The minimum absolute atomic E-state index is 0. The summed E-state index contributed by atoms with van der Waals surface area (Å²) in [6.45, 7) is 9.11. The zero-order chi connectivity index (χ0) is 21.1. The van der Waals surface area contributed by atoms with Crippen molar-refractivity contribution in [2.45, 2.75) is 25.3 Å². The summed E-state index contributed by atoms with van der Waals surface area (Å²) in [5.41, 5.74) is 0. The first-order valence-corrected chi connectivity index (χ1v) is 11.5. The number of rotatable bonds is 10. The second-order valence-corrected chi connectivity index (χ2v) is 8.10. The van der Waals surface area contributed by atoms with Gasteiger partial charge in [0.15, 0.2) is 5.96 Å². The average Bonchev–Trinajstić information content (AvgIpc) is 3.58. The smallest absolute Gasteiger partial charge is 0.191 e. The Kier molecular flexibility index (Phi) is 10.9. The average molecular weight is 557 g/mol. The summed E-state index contributed by atoms with van der Waals surface area (Å²) >= 11 is 0. The molecule has 0 radical (unpaired) electrons. The number of nitrogens with one attached hydrogen (secondary N) is 2. The van der Waals surface area contributed by atoms with Gasteiger partial charge in [0.1, 0.15) is 11.5 Å². The van der Waals surface area contributed by atoms with Gasteiger partial charge in [-0.1, -0.05) is 0 Å². The number of halogens is 1. The summed E-state index contributed by atoms with van der Waals surface area (Å²) in [6.07, 6.45) is 6.78. The molecular weight excluding hydrogens is 521 g/mol. The molecule has 2 N–H and O–H groups in total. The second-order valence-electron chi connectivity index (χ2n) is 8.10. The molecule has 32 heavy (non-hydrogen) atoms. The summed E-state index contributed by atoms with van der Waals surface area (Å²) < 4.78 is 16.6. The third-order valence-corrected chi connectivity index (χ3v) is 5.94. The highest BCUT2D eigenvalue weighted by Gasteiger charge is 2.25. The van der Waals surface area contributed by atoms with Crippen molar-refractivity contribution < 1.29 is 13.6 Å². The first-order valence-electron chi connectivity index (χ1n) is 11.5. The third kappa shape index (κ3) is 7.79. The molecule has 2 aromatic rings. The van der Waals surface area contributed by atoms with E-state index in [0.717, 1.165) is 82.9 Å². The highest BCUT2D eigenvalue weighted by molar-refractivity contribution is 14.0. The van der Waals surface area contributed by atoms with Crippen LogP contribution in [0.25, 0.3) is 0 Å². The molecule has 2 aliphatic heterocycles. The van der Waals surface area contributed by atoms with Crippen molar-refractivity contribution in [3.8, 4) is 0 Å². The number of furan rings is 2. The van der Waals surface area contributed by atoms with Crippen molar-refractivity contribution in [3.05, 3.63) is 48.3 Å². The minimum Gasteiger partial charge on any atom is -0.469 e. The Hall–Kier alpha value is -1.56. The Balaban J connectivity index is 0.00000289. The highest BCUT2D eigenvalue weighted by Crippen LogP contribution is 2.25. The van der Waals surface area contributed by atoms with Gasteiger partial charge in [-0.15, -0.1) is 24.0 Å². The monoisotopic (exact) mass is 557 g/mol. The lowest BCUT2D eigenvalue weighted by molar-refractivity contribution is 0.0389. The fourth-order valence-corrected chi connectivity index (χ4v) is 4.19. The van der Waals surface area contributed by atoms with E-state index in [-0.39, 0.29) is 30.0 Å². The molecule has 2 aliphatic rings. The Morgan fingerprint density at radius 2 is 1.72 bits per heavy atom. The first-order chi connectivity index (χ1) is 15.4. The van der Waals surface area contributed by atoms with E-state index in [1.165, 1.54) is 12.8 Å². The number of aliphatic imine (C=N–C) groups is 1. The van der Waals surface area contributed by atoms with E-state index >= 15 is 0 Å². The van der Waals surface area contributed by atoms with Crippen LogP contribution in [-0.2, 0) is 11.2 Å². The highest BCUT2D eigenvalue weighted by atomic mass is 127. The predicted molar refractivity (Wildman–Crippen MR) is 136 cm³/mol. The van der Waals surface area contributed by atoms with Crippen LogP contribution in [0, 0.1) is 0 Å². The van der Waals surface area contributed by atoms with Crippen LogP contribution < -0.4 is 10.6 Å². The van der Waals surface area contributed by atoms with E-state index in [2.05, 4.69) is 26.5 Å². The molecule has 178 valence electrons. The molecule has 9 heteroatoms. The fourth-order valence-electron chi connectivity index (χ4n) is 4.19. The molecule has 0 amide bonds. The van der Waals surface area contributed by atoms with Crippen molar-refractivity contribution >= 4 is 29.9 Å². The van der Waals surface area contributed by atoms with E-state index in [0.29, 0.717) is 6.54 Å². The lowest BCUT2D eigenvalue weighted by Crippen LogP contribution is -2.45. The van der Waals surface area contributed by atoms with Crippen LogP contribution in [0.3, 0.4) is 0 Å². The van der Waals surface area contributed by atoms with Crippen LogP contribution in [0.5, 0.6) is 0 Å². The lowest BCUT2D eigenvalue weighted by atomic mass is 10.2. The molecule has 0 bridgehead atoms. The SMILES string of the molecule is I.c1coc(CCNC(=NCC(c2ccco2)N2CCCC2)NCCN2CCOCC2)c1. The molecule has 2 aromatic heterocycles. The Morgan fingerprint density at radius 1 is 0.969 bits per heavy atom. The van der Waals surface area contributed by atoms with E-state index in [9.17, 15) is 0 Å². The number of morpholine rings is 1. The zero-order valence-corrected chi connectivity index (χ0v) is 21.0. The molecule has 2 saturated heterocycles. The maximum Gasteiger partial charge on any atom is 0.191 e. The van der Waals surface area contributed by atoms with Crippen LogP contribution in [-0.4, -0.2) is 81.3 Å². The number of likely N-dealkylation sites (tertiary alicyclic amines) is 1. The van der Waals surface area contributed by atoms with Gasteiger partial charge in [0.05, 0.1) is 38.3 Å². The Bertz CT molecular complexity index is 757. The van der Waals surface area contributed by atoms with Gasteiger partial charge in [0, 0.05) is 39.1 Å². The van der Waals surface area contributed by atoms with Crippen LogP contribution in [0.1, 0.15) is 30.4 Å². The molecule has 8 nitrogen and oxygen atoms in total. The van der Waals surface area contributed by atoms with Crippen molar-refractivity contribution in [1.29, 1.82) is 0 Å². The Labute approximate surface area is 207 Å². The van der Waals surface area contributed by atoms with Gasteiger partial charge in [-0.05, 0) is 50.2 Å². The standard InChI is InChI=1S/C23H35N5O3.HI/c1-2-11-28(10-1)21(22-6-4-16-31-22)19-26-23(24-8-7-20-5-3-15-30-20)25-9-12-27-13-17-29-18-14-27;/h3-6,15-16,21H,1-2,7-14,17-19H2,(H2,24,25,26);1H. The maximum atomic E-state index is 5.75. The minimum atomic E-state index is 0. The quantitative estimate of drug-likeness (QED) is 0.264. The zero-order valence-electron chi connectivity index (χ0n) is 18.7. The molecule has 4 heterocycles. The largest absolute Gasteiger partial charge is 0.469 e. The van der Waals surface area contributed by atoms with Gasteiger partial charge in [0.2, 0.25) is 0 Å². The van der Waals surface area contributed by atoms with Gasteiger partial charge >= 0.3 is 0 Å². The molecule has 0 spiro atoms. The predicted octanol–water partition coefficient (Wildman–Crippen LogP) is 2.74. The Morgan fingerprint density at radius 3 is 2.44 bits per heavy atom. The van der Waals surface area contributed by atoms with Crippen molar-refractivity contribution in [1.82, 2.24) is 20.4 Å². The lowest BCUT2D eigenvalue weighted by Gasteiger charge is -2.27. The first kappa shape index (κ1) is 25.1. The number of guanidine groups is 1. The van der Waals surface area contributed by atoms with E-state index < -0.39 is 0 Å². The molecule has 0 saturated carbocycles. The van der Waals surface area contributed by atoms with Gasteiger partial charge < -0.3 is 24.2 Å². The summed E-state index contributed by atoms with van der Waals surface area (Å²) in [4.78, 5) is 9.85. The summed E-state index contributed by atoms with van der Waals surface area (Å²) in [7, 11) is 0. The molecule has 1 unspecified atom stereocenters. The summed E-state index contributed by atoms with van der Waals surface area (Å²) in [5.74, 6) is 2.81. The van der Waals surface area contributed by atoms with Gasteiger partial charge in [0.25, 0.3) is 0 Å². The summed E-state index contributed by atoms with van der Waals surface area (Å²) in [5, 5.41) is 6.99. The number of ether oxygens (including phenoxy) is 1. The van der Waals surface area contributed by atoms with Gasteiger partial charge in [-0.2, -0.15) is 0 Å². The fraction of sp³-hybridized carbons (Fsp3) is 0.609. The van der Waals surface area contributed by atoms with Crippen molar-refractivity contribution in [3.63, 3.8) is 0 Å². The van der Waals surface area contributed by atoms with Crippen LogP contribution in [0.15, 0.2) is 50.6 Å². The number of hydrogen-bond donors (Lipinski definition) is 2. The molecule has 0 aromatic carbocycles. The summed E-state index contributed by atoms with van der Waals surface area (Å²) in [6, 6.07) is 8.14. The third-order valence-electron chi connectivity index (χ3n) is 5.94. The molecule has 4 rings (SSSR count). The van der Waals surface area contributed by atoms with E-state index in [1.54, 1.807) is 12.5 Å². The molecule has 0 aliphatic carbocycles. The topological polar surface area (TPSA) is 78.4 Å².